The second-order valence-electron chi connectivity index (χ2n) is 4.08. The first-order valence-corrected chi connectivity index (χ1v) is 5.78. The normalized spacial score (nSPS) is 29.6. The maximum absolute atomic E-state index is 9.24. The number of aryl methyl sites for hydroxylation is 1. The van der Waals surface area contributed by atoms with Crippen molar-refractivity contribution in [3.05, 3.63) is 16.1 Å². The van der Waals surface area contributed by atoms with Crippen LogP contribution in [-0.4, -0.2) is 28.6 Å². The third kappa shape index (κ3) is 2.06. The second-order valence-corrected chi connectivity index (χ2v) is 4.97. The Morgan fingerprint density at radius 3 is 2.80 bits per heavy atom. The van der Waals surface area contributed by atoms with Gasteiger partial charge in [0, 0.05) is 0 Å². The topological polar surface area (TPSA) is 51.6 Å². The molecule has 1 aliphatic heterocycles. The van der Waals surface area contributed by atoms with E-state index < -0.39 is 5.79 Å². The van der Waals surface area contributed by atoms with Crippen molar-refractivity contribution < 1.29 is 14.6 Å². The van der Waals surface area contributed by atoms with Gasteiger partial charge in [0.1, 0.15) is 12.2 Å². The highest BCUT2D eigenvalue weighted by molar-refractivity contribution is 7.09. The Morgan fingerprint density at radius 1 is 1.53 bits per heavy atom. The SMILES string of the molecule is Cc1ncsc1[C@@H]1OC(C)(C)O[C@H]1CO. The molecule has 4 nitrogen and oxygen atoms in total. The van der Waals surface area contributed by atoms with Crippen LogP contribution in [0.1, 0.15) is 30.5 Å². The predicted octanol–water partition coefficient (Wildman–Crippen LogP) is 1.64. The van der Waals surface area contributed by atoms with Crippen molar-refractivity contribution in [2.45, 2.75) is 38.8 Å². The summed E-state index contributed by atoms with van der Waals surface area (Å²) in [7, 11) is 0. The number of rotatable bonds is 2. The van der Waals surface area contributed by atoms with E-state index in [9.17, 15) is 5.11 Å². The van der Waals surface area contributed by atoms with Crippen LogP contribution < -0.4 is 0 Å². The minimum absolute atomic E-state index is 0.0363. The monoisotopic (exact) mass is 229 g/mol. The number of aromatic nitrogens is 1. The summed E-state index contributed by atoms with van der Waals surface area (Å²) in [6, 6.07) is 0. The van der Waals surface area contributed by atoms with E-state index in [1.807, 2.05) is 20.8 Å². The Morgan fingerprint density at radius 2 is 2.27 bits per heavy atom. The Bertz CT molecular complexity index is 350. The molecule has 0 radical (unpaired) electrons. The van der Waals surface area contributed by atoms with E-state index in [4.69, 9.17) is 9.47 Å². The molecular formula is C10H15NO3S. The maximum Gasteiger partial charge on any atom is 0.164 e. The van der Waals surface area contributed by atoms with Gasteiger partial charge in [-0.1, -0.05) is 0 Å². The van der Waals surface area contributed by atoms with Crippen LogP contribution in [0, 0.1) is 6.92 Å². The van der Waals surface area contributed by atoms with Crippen molar-refractivity contribution in [1.82, 2.24) is 4.98 Å². The Labute approximate surface area is 92.9 Å². The smallest absolute Gasteiger partial charge is 0.164 e. The lowest BCUT2D eigenvalue weighted by Crippen LogP contribution is -2.23. The number of nitrogens with zero attached hydrogens (tertiary/aromatic N) is 1. The zero-order valence-electron chi connectivity index (χ0n) is 9.06. The van der Waals surface area contributed by atoms with Crippen molar-refractivity contribution >= 4 is 11.3 Å². The summed E-state index contributed by atoms with van der Waals surface area (Å²) in [4.78, 5) is 5.22. The summed E-state index contributed by atoms with van der Waals surface area (Å²) < 4.78 is 11.4. The van der Waals surface area contributed by atoms with Crippen LogP contribution >= 0.6 is 11.3 Å². The van der Waals surface area contributed by atoms with Gasteiger partial charge in [-0.2, -0.15) is 0 Å². The van der Waals surface area contributed by atoms with Crippen LogP contribution in [0.15, 0.2) is 5.51 Å². The molecule has 1 saturated heterocycles. The number of aliphatic hydroxyl groups is 1. The molecule has 0 unspecified atom stereocenters. The van der Waals surface area contributed by atoms with Crippen LogP contribution in [0.3, 0.4) is 0 Å². The maximum atomic E-state index is 9.24. The molecule has 1 aromatic rings. The predicted molar refractivity (Wildman–Crippen MR) is 56.7 cm³/mol. The first kappa shape index (κ1) is 11.0. The van der Waals surface area contributed by atoms with Crippen LogP contribution in [-0.2, 0) is 9.47 Å². The minimum Gasteiger partial charge on any atom is -0.394 e. The highest BCUT2D eigenvalue weighted by Crippen LogP contribution is 2.40. The summed E-state index contributed by atoms with van der Waals surface area (Å²) in [5.41, 5.74) is 2.73. The first-order chi connectivity index (χ1) is 7.03. The van der Waals surface area contributed by atoms with Gasteiger partial charge in [-0.05, 0) is 20.8 Å². The molecule has 0 aromatic carbocycles. The lowest BCUT2D eigenvalue weighted by Gasteiger charge is -2.16. The summed E-state index contributed by atoms with van der Waals surface area (Å²) in [5.74, 6) is -0.630. The number of hydrogen-bond donors (Lipinski definition) is 1. The Balaban J connectivity index is 2.26. The quantitative estimate of drug-likeness (QED) is 0.837. The molecule has 5 heteroatoms. The zero-order chi connectivity index (χ0) is 11.1. The molecule has 2 atom stereocenters. The molecule has 1 fully saturated rings. The van der Waals surface area contributed by atoms with E-state index in [0.29, 0.717) is 0 Å². The van der Waals surface area contributed by atoms with Gasteiger partial charge in [0.15, 0.2) is 5.79 Å². The van der Waals surface area contributed by atoms with Gasteiger partial charge in [0.05, 0.1) is 22.7 Å². The number of thiazole rings is 1. The van der Waals surface area contributed by atoms with Gasteiger partial charge in [0.2, 0.25) is 0 Å². The van der Waals surface area contributed by atoms with Crippen LogP contribution in [0.2, 0.25) is 0 Å². The van der Waals surface area contributed by atoms with Gasteiger partial charge in [-0.25, -0.2) is 4.98 Å². The molecule has 84 valence electrons. The zero-order valence-corrected chi connectivity index (χ0v) is 9.87. The number of aliphatic hydroxyl groups excluding tert-OH is 1. The summed E-state index contributed by atoms with van der Waals surface area (Å²) >= 11 is 1.54. The standard InChI is InChI=1S/C10H15NO3S/c1-6-9(15-5-11-6)8-7(4-12)13-10(2,3)14-8/h5,7-8,12H,4H2,1-3H3/t7-,8+/m0/s1. The van der Waals surface area contributed by atoms with Gasteiger partial charge in [-0.3, -0.25) is 0 Å². The number of ether oxygens (including phenoxy) is 2. The van der Waals surface area contributed by atoms with Gasteiger partial charge in [-0.15, -0.1) is 11.3 Å². The highest BCUT2D eigenvalue weighted by atomic mass is 32.1. The lowest BCUT2D eigenvalue weighted by molar-refractivity contribution is -0.149. The Kier molecular flexibility index (Phi) is 2.81. The molecule has 1 aliphatic rings. The van der Waals surface area contributed by atoms with Crippen molar-refractivity contribution in [2.24, 2.45) is 0 Å². The van der Waals surface area contributed by atoms with E-state index in [0.717, 1.165) is 10.6 Å². The average Bonchev–Trinajstić information content (AvgIpc) is 2.68. The summed E-state index contributed by atoms with van der Waals surface area (Å²) in [5, 5.41) is 9.24. The van der Waals surface area contributed by atoms with E-state index in [1.54, 1.807) is 5.51 Å². The molecule has 1 N–H and O–H groups in total. The molecule has 1 aromatic heterocycles. The molecule has 15 heavy (non-hydrogen) atoms. The van der Waals surface area contributed by atoms with E-state index >= 15 is 0 Å². The van der Waals surface area contributed by atoms with Crippen molar-refractivity contribution in [2.75, 3.05) is 6.61 Å². The van der Waals surface area contributed by atoms with E-state index in [1.165, 1.54) is 11.3 Å². The third-order valence-electron chi connectivity index (χ3n) is 2.40. The first-order valence-electron chi connectivity index (χ1n) is 4.90. The highest BCUT2D eigenvalue weighted by Gasteiger charge is 2.42. The third-order valence-corrected chi connectivity index (χ3v) is 3.40. The van der Waals surface area contributed by atoms with Crippen molar-refractivity contribution in [3.8, 4) is 0 Å². The fraction of sp³-hybridized carbons (Fsp3) is 0.700. The molecular weight excluding hydrogens is 214 g/mol. The molecule has 0 amide bonds. The minimum atomic E-state index is -0.630. The summed E-state index contributed by atoms with van der Waals surface area (Å²) in [6.07, 6.45) is -0.489. The van der Waals surface area contributed by atoms with Crippen LogP contribution in [0.4, 0.5) is 0 Å². The molecule has 0 bridgehead atoms. The summed E-state index contributed by atoms with van der Waals surface area (Å²) in [6.45, 7) is 5.61. The second kappa shape index (κ2) is 3.83. The van der Waals surface area contributed by atoms with Crippen molar-refractivity contribution in [1.29, 1.82) is 0 Å². The molecule has 0 aliphatic carbocycles. The average molecular weight is 229 g/mol. The van der Waals surface area contributed by atoms with Gasteiger partial charge in [0.25, 0.3) is 0 Å². The van der Waals surface area contributed by atoms with Crippen LogP contribution in [0.25, 0.3) is 0 Å². The molecule has 2 rings (SSSR count). The van der Waals surface area contributed by atoms with E-state index in [-0.39, 0.29) is 18.8 Å². The fourth-order valence-electron chi connectivity index (χ4n) is 1.78. The lowest BCUT2D eigenvalue weighted by atomic mass is 10.1. The van der Waals surface area contributed by atoms with E-state index in [2.05, 4.69) is 4.98 Å². The molecule has 2 heterocycles. The van der Waals surface area contributed by atoms with Crippen LogP contribution in [0.5, 0.6) is 0 Å². The van der Waals surface area contributed by atoms with Gasteiger partial charge >= 0.3 is 0 Å². The Hall–Kier alpha value is -0.490. The fourth-order valence-corrected chi connectivity index (χ4v) is 2.66. The molecule has 0 saturated carbocycles. The van der Waals surface area contributed by atoms with Crippen molar-refractivity contribution in [3.63, 3.8) is 0 Å². The largest absolute Gasteiger partial charge is 0.394 e. The number of hydrogen-bond acceptors (Lipinski definition) is 5. The molecule has 0 spiro atoms. The van der Waals surface area contributed by atoms with Gasteiger partial charge < -0.3 is 14.6 Å².